The molecule has 0 saturated heterocycles. The van der Waals surface area contributed by atoms with E-state index in [1.807, 2.05) is 4.72 Å². The molecule has 10 heteroatoms. The summed E-state index contributed by atoms with van der Waals surface area (Å²) in [4.78, 5) is 27.3. The van der Waals surface area contributed by atoms with Crippen molar-refractivity contribution in [1.29, 1.82) is 0 Å². The number of hydrogen-bond donors (Lipinski definition) is 1. The SMILES string of the molecule is COC(=O)c1ccccc1S(=O)(=O)NC(=O)c1ccc(OC)c(Cl)n1. The highest BCUT2D eigenvalue weighted by Crippen LogP contribution is 2.22. The van der Waals surface area contributed by atoms with E-state index in [0.717, 1.165) is 7.11 Å². The second-order valence-corrected chi connectivity index (χ2v) is 6.62. The lowest BCUT2D eigenvalue weighted by atomic mass is 10.2. The molecule has 0 saturated carbocycles. The number of pyridine rings is 1. The minimum Gasteiger partial charge on any atom is -0.494 e. The van der Waals surface area contributed by atoms with Gasteiger partial charge in [-0.3, -0.25) is 4.79 Å². The van der Waals surface area contributed by atoms with E-state index in [4.69, 9.17) is 16.3 Å². The lowest BCUT2D eigenvalue weighted by molar-refractivity contribution is 0.0596. The van der Waals surface area contributed by atoms with Gasteiger partial charge in [-0.25, -0.2) is 22.9 Å². The summed E-state index contributed by atoms with van der Waals surface area (Å²) in [6.45, 7) is 0. The number of carbonyl (C=O) groups is 2. The molecule has 0 aliphatic rings. The number of esters is 1. The maximum absolute atomic E-state index is 12.4. The molecule has 0 aliphatic heterocycles. The molecule has 0 atom stereocenters. The Morgan fingerprint density at radius 2 is 1.80 bits per heavy atom. The standard InChI is InChI=1S/C15H13ClN2O6S/c1-23-11-8-7-10(17-13(11)16)14(19)18-25(21,22)12-6-4-3-5-9(12)15(20)24-2/h3-8H,1-2H3,(H,18,19). The Balaban J connectivity index is 2.35. The van der Waals surface area contributed by atoms with Crippen LogP contribution in [0.5, 0.6) is 5.75 Å². The Morgan fingerprint density at radius 1 is 1.12 bits per heavy atom. The fourth-order valence-electron chi connectivity index (χ4n) is 1.91. The van der Waals surface area contributed by atoms with Crippen LogP contribution >= 0.6 is 11.6 Å². The van der Waals surface area contributed by atoms with E-state index < -0.39 is 26.8 Å². The monoisotopic (exact) mass is 384 g/mol. The Hall–Kier alpha value is -2.65. The van der Waals surface area contributed by atoms with E-state index in [0.29, 0.717) is 0 Å². The zero-order valence-corrected chi connectivity index (χ0v) is 14.7. The molecule has 25 heavy (non-hydrogen) atoms. The number of rotatable bonds is 5. The van der Waals surface area contributed by atoms with Crippen LogP contribution in [0.15, 0.2) is 41.3 Å². The van der Waals surface area contributed by atoms with Crippen molar-refractivity contribution in [3.8, 4) is 5.75 Å². The molecule has 1 aromatic carbocycles. The van der Waals surface area contributed by atoms with Crippen molar-refractivity contribution in [2.24, 2.45) is 0 Å². The van der Waals surface area contributed by atoms with Crippen molar-refractivity contribution >= 4 is 33.5 Å². The van der Waals surface area contributed by atoms with Crippen LogP contribution in [0, 0.1) is 0 Å². The lowest BCUT2D eigenvalue weighted by Gasteiger charge is -2.10. The molecular weight excluding hydrogens is 372 g/mol. The van der Waals surface area contributed by atoms with Gasteiger partial charge in [0.15, 0.2) is 10.9 Å². The number of methoxy groups -OCH3 is 2. The second kappa shape index (κ2) is 7.49. The summed E-state index contributed by atoms with van der Waals surface area (Å²) in [5.41, 5.74) is -0.434. The molecule has 1 heterocycles. The quantitative estimate of drug-likeness (QED) is 0.616. The van der Waals surface area contributed by atoms with E-state index in [1.165, 1.54) is 43.5 Å². The van der Waals surface area contributed by atoms with Gasteiger partial charge in [0.05, 0.1) is 19.8 Å². The first-order chi connectivity index (χ1) is 11.8. The topological polar surface area (TPSA) is 112 Å². The van der Waals surface area contributed by atoms with E-state index in [9.17, 15) is 18.0 Å². The number of aromatic nitrogens is 1. The van der Waals surface area contributed by atoms with Crippen molar-refractivity contribution in [2.45, 2.75) is 4.90 Å². The van der Waals surface area contributed by atoms with Gasteiger partial charge in [0.1, 0.15) is 10.6 Å². The number of hydrogen-bond acceptors (Lipinski definition) is 7. The molecule has 0 unspecified atom stereocenters. The van der Waals surface area contributed by atoms with Gasteiger partial charge >= 0.3 is 5.97 Å². The summed E-state index contributed by atoms with van der Waals surface area (Å²) in [7, 11) is -1.85. The molecule has 0 bridgehead atoms. The van der Waals surface area contributed by atoms with Gasteiger partial charge in [0.2, 0.25) is 0 Å². The predicted octanol–water partition coefficient (Wildman–Crippen LogP) is 1.65. The van der Waals surface area contributed by atoms with Crippen LogP contribution in [-0.2, 0) is 14.8 Å². The van der Waals surface area contributed by atoms with Crippen LogP contribution in [0.2, 0.25) is 5.15 Å². The predicted molar refractivity (Wildman–Crippen MR) is 88.2 cm³/mol. The number of carbonyl (C=O) groups excluding carboxylic acids is 2. The van der Waals surface area contributed by atoms with Crippen LogP contribution in [0.3, 0.4) is 0 Å². The van der Waals surface area contributed by atoms with Crippen molar-refractivity contribution in [1.82, 2.24) is 9.71 Å². The fourth-order valence-corrected chi connectivity index (χ4v) is 3.30. The first kappa shape index (κ1) is 18.7. The van der Waals surface area contributed by atoms with Gasteiger partial charge in [-0.1, -0.05) is 23.7 Å². The van der Waals surface area contributed by atoms with Crippen molar-refractivity contribution in [3.05, 3.63) is 52.8 Å². The molecule has 0 spiro atoms. The first-order valence-electron chi connectivity index (χ1n) is 6.75. The summed E-state index contributed by atoms with van der Waals surface area (Å²) in [5, 5.41) is -0.0949. The van der Waals surface area contributed by atoms with Gasteiger partial charge in [-0.2, -0.15) is 0 Å². The molecule has 0 radical (unpaired) electrons. The molecule has 2 aromatic rings. The van der Waals surface area contributed by atoms with E-state index in [1.54, 1.807) is 0 Å². The maximum Gasteiger partial charge on any atom is 0.339 e. The largest absolute Gasteiger partial charge is 0.494 e. The number of ether oxygens (including phenoxy) is 2. The Bertz CT molecular complexity index is 929. The highest BCUT2D eigenvalue weighted by molar-refractivity contribution is 7.90. The summed E-state index contributed by atoms with van der Waals surface area (Å²) in [5.74, 6) is -1.62. The zero-order valence-electron chi connectivity index (χ0n) is 13.1. The number of amides is 1. The number of benzene rings is 1. The normalized spacial score (nSPS) is 10.8. The van der Waals surface area contributed by atoms with Crippen molar-refractivity contribution in [2.75, 3.05) is 14.2 Å². The summed E-state index contributed by atoms with van der Waals surface area (Å²) in [6, 6.07) is 7.95. The van der Waals surface area contributed by atoms with Gasteiger partial charge in [-0.05, 0) is 24.3 Å². The molecular formula is C15H13ClN2O6S. The minimum absolute atomic E-state index is 0.0949. The average molecular weight is 385 g/mol. The summed E-state index contributed by atoms with van der Waals surface area (Å²) >= 11 is 5.82. The van der Waals surface area contributed by atoms with Crippen LogP contribution in [0.25, 0.3) is 0 Å². The lowest BCUT2D eigenvalue weighted by Crippen LogP contribution is -2.32. The number of sulfonamides is 1. The van der Waals surface area contributed by atoms with Crippen LogP contribution in [-0.4, -0.2) is 39.5 Å². The van der Waals surface area contributed by atoms with Gasteiger partial charge in [-0.15, -0.1) is 0 Å². The number of nitrogens with one attached hydrogen (secondary N) is 1. The molecule has 8 nitrogen and oxygen atoms in total. The van der Waals surface area contributed by atoms with Gasteiger partial charge in [0, 0.05) is 0 Å². The van der Waals surface area contributed by atoms with Crippen molar-refractivity contribution in [3.63, 3.8) is 0 Å². The van der Waals surface area contributed by atoms with Crippen molar-refractivity contribution < 1.29 is 27.5 Å². The molecule has 1 aromatic heterocycles. The van der Waals surface area contributed by atoms with Gasteiger partial charge in [0.25, 0.3) is 15.9 Å². The smallest absolute Gasteiger partial charge is 0.339 e. The second-order valence-electron chi connectivity index (χ2n) is 4.61. The molecule has 1 N–H and O–H groups in total. The Morgan fingerprint density at radius 3 is 2.40 bits per heavy atom. The molecule has 132 valence electrons. The Labute approximate surface area is 148 Å². The average Bonchev–Trinajstić information content (AvgIpc) is 2.60. The van der Waals surface area contributed by atoms with Crippen LogP contribution in [0.4, 0.5) is 0 Å². The number of halogens is 1. The van der Waals surface area contributed by atoms with Gasteiger partial charge < -0.3 is 9.47 Å². The molecule has 2 rings (SSSR count). The fraction of sp³-hybridized carbons (Fsp3) is 0.133. The third-order valence-electron chi connectivity index (χ3n) is 3.08. The third-order valence-corrected chi connectivity index (χ3v) is 4.74. The molecule has 0 fully saturated rings. The molecule has 1 amide bonds. The van der Waals surface area contributed by atoms with E-state index >= 15 is 0 Å². The number of nitrogens with zero attached hydrogens (tertiary/aromatic N) is 1. The summed E-state index contributed by atoms with van der Waals surface area (Å²) in [6.07, 6.45) is 0. The highest BCUT2D eigenvalue weighted by Gasteiger charge is 2.25. The zero-order chi connectivity index (χ0) is 18.6. The van der Waals surface area contributed by atoms with E-state index in [-0.39, 0.29) is 22.2 Å². The Kier molecular flexibility index (Phi) is 5.60. The first-order valence-corrected chi connectivity index (χ1v) is 8.61. The van der Waals surface area contributed by atoms with E-state index in [2.05, 4.69) is 9.72 Å². The molecule has 0 aliphatic carbocycles. The maximum atomic E-state index is 12.4. The summed E-state index contributed by atoms with van der Waals surface area (Å²) < 4.78 is 36.2. The van der Waals surface area contributed by atoms with Crippen LogP contribution < -0.4 is 9.46 Å². The highest BCUT2D eigenvalue weighted by atomic mass is 35.5. The van der Waals surface area contributed by atoms with Crippen LogP contribution in [0.1, 0.15) is 20.8 Å². The minimum atomic E-state index is -4.34. The third kappa shape index (κ3) is 4.06.